The van der Waals surface area contributed by atoms with Crippen LogP contribution in [0, 0.1) is 13.8 Å². The van der Waals surface area contributed by atoms with Gasteiger partial charge in [-0.2, -0.15) is 0 Å². The summed E-state index contributed by atoms with van der Waals surface area (Å²) in [5.74, 6) is 1.11. The zero-order chi connectivity index (χ0) is 17.7. The molecule has 0 saturated carbocycles. The molecule has 0 unspecified atom stereocenters. The van der Waals surface area contributed by atoms with Crippen LogP contribution in [-0.2, 0) is 10.5 Å². The van der Waals surface area contributed by atoms with Crippen LogP contribution in [-0.4, -0.2) is 11.7 Å². The molecule has 0 aromatic heterocycles. The van der Waals surface area contributed by atoms with Gasteiger partial charge in [0.05, 0.1) is 11.8 Å². The zero-order valence-corrected chi connectivity index (χ0v) is 16.4. The Bertz CT molecular complexity index is 733. The number of hydrogen-bond donors (Lipinski definition) is 1. The summed E-state index contributed by atoms with van der Waals surface area (Å²) >= 11 is 13.6. The fourth-order valence-electron chi connectivity index (χ4n) is 2.48. The summed E-state index contributed by atoms with van der Waals surface area (Å²) in [6.45, 7) is 6.14. The molecule has 1 atom stereocenters. The third-order valence-electron chi connectivity index (χ3n) is 3.78. The van der Waals surface area contributed by atoms with Gasteiger partial charge in [-0.05, 0) is 49.6 Å². The number of aryl methyl sites for hydroxylation is 2. The van der Waals surface area contributed by atoms with Gasteiger partial charge in [0.2, 0.25) is 5.91 Å². The van der Waals surface area contributed by atoms with E-state index in [9.17, 15) is 4.79 Å². The topological polar surface area (TPSA) is 29.1 Å². The fourth-order valence-corrected chi connectivity index (χ4v) is 3.88. The number of carbonyl (C=O) groups is 1. The van der Waals surface area contributed by atoms with Gasteiger partial charge in [-0.1, -0.05) is 53.0 Å². The van der Waals surface area contributed by atoms with Crippen molar-refractivity contribution in [2.75, 3.05) is 5.75 Å². The maximum Gasteiger partial charge on any atom is 0.230 e. The summed E-state index contributed by atoms with van der Waals surface area (Å²) in [6.07, 6.45) is 0. The minimum atomic E-state index is -0.00267. The van der Waals surface area contributed by atoms with E-state index in [0.717, 1.165) is 11.1 Å². The van der Waals surface area contributed by atoms with Crippen molar-refractivity contribution in [3.63, 3.8) is 0 Å². The molecular formula is C19H21Cl2NOS. The Morgan fingerprint density at radius 1 is 1.17 bits per heavy atom. The van der Waals surface area contributed by atoms with E-state index in [-0.39, 0.29) is 11.9 Å². The van der Waals surface area contributed by atoms with Crippen molar-refractivity contribution < 1.29 is 4.79 Å². The van der Waals surface area contributed by atoms with Gasteiger partial charge in [0.25, 0.3) is 0 Å². The Balaban J connectivity index is 1.85. The van der Waals surface area contributed by atoms with Crippen molar-refractivity contribution in [3.8, 4) is 0 Å². The lowest BCUT2D eigenvalue weighted by Crippen LogP contribution is -2.28. The molecule has 2 nitrogen and oxygen atoms in total. The van der Waals surface area contributed by atoms with E-state index in [1.165, 1.54) is 22.9 Å². The van der Waals surface area contributed by atoms with Crippen LogP contribution in [0.3, 0.4) is 0 Å². The second-order valence-corrected chi connectivity index (χ2v) is 7.71. The average Bonchev–Trinajstić information content (AvgIpc) is 2.51. The Kier molecular flexibility index (Phi) is 7.02. The van der Waals surface area contributed by atoms with Crippen molar-refractivity contribution in [2.24, 2.45) is 0 Å². The summed E-state index contributed by atoms with van der Waals surface area (Å²) in [6, 6.07) is 11.7. The number of nitrogens with one attached hydrogen (secondary N) is 1. The molecule has 0 radical (unpaired) electrons. The summed E-state index contributed by atoms with van der Waals surface area (Å²) in [5.41, 5.74) is 4.54. The van der Waals surface area contributed by atoms with Crippen LogP contribution in [0.25, 0.3) is 0 Å². The molecule has 2 aromatic carbocycles. The van der Waals surface area contributed by atoms with Gasteiger partial charge in [-0.15, -0.1) is 11.8 Å². The van der Waals surface area contributed by atoms with E-state index in [4.69, 9.17) is 23.2 Å². The van der Waals surface area contributed by atoms with Crippen molar-refractivity contribution in [1.82, 2.24) is 5.32 Å². The third kappa shape index (κ3) is 5.44. The molecule has 0 aliphatic rings. The number of thioether (sulfide) groups is 1. The Morgan fingerprint density at radius 2 is 1.92 bits per heavy atom. The van der Waals surface area contributed by atoms with Gasteiger partial charge in [0, 0.05) is 15.8 Å². The highest BCUT2D eigenvalue weighted by molar-refractivity contribution is 7.99. The predicted molar refractivity (Wildman–Crippen MR) is 105 cm³/mol. The number of halogens is 2. The maximum atomic E-state index is 12.2. The molecule has 2 aromatic rings. The molecule has 128 valence electrons. The van der Waals surface area contributed by atoms with Crippen molar-refractivity contribution >= 4 is 40.9 Å². The highest BCUT2D eigenvalue weighted by Gasteiger charge is 2.12. The summed E-state index contributed by atoms with van der Waals surface area (Å²) in [7, 11) is 0. The normalized spacial score (nSPS) is 12.0. The van der Waals surface area contributed by atoms with Gasteiger partial charge in [-0.3, -0.25) is 4.79 Å². The van der Waals surface area contributed by atoms with Gasteiger partial charge in [0.1, 0.15) is 0 Å². The highest BCUT2D eigenvalue weighted by Crippen LogP contribution is 2.25. The van der Waals surface area contributed by atoms with E-state index in [1.54, 1.807) is 6.07 Å². The molecule has 0 aliphatic heterocycles. The molecule has 1 N–H and O–H groups in total. The number of rotatable bonds is 6. The Morgan fingerprint density at radius 3 is 2.62 bits per heavy atom. The lowest BCUT2D eigenvalue weighted by Gasteiger charge is -2.17. The van der Waals surface area contributed by atoms with E-state index in [2.05, 4.69) is 37.4 Å². The van der Waals surface area contributed by atoms with Crippen molar-refractivity contribution in [2.45, 2.75) is 32.6 Å². The van der Waals surface area contributed by atoms with Gasteiger partial charge >= 0.3 is 0 Å². The van der Waals surface area contributed by atoms with Crippen molar-refractivity contribution in [1.29, 1.82) is 0 Å². The van der Waals surface area contributed by atoms with Crippen LogP contribution < -0.4 is 5.32 Å². The first-order chi connectivity index (χ1) is 11.4. The molecule has 1 amide bonds. The molecule has 5 heteroatoms. The first kappa shape index (κ1) is 19.2. The number of amides is 1. The maximum absolute atomic E-state index is 12.2. The Labute approximate surface area is 157 Å². The second kappa shape index (κ2) is 8.80. The van der Waals surface area contributed by atoms with Crippen LogP contribution in [0.5, 0.6) is 0 Å². The van der Waals surface area contributed by atoms with Gasteiger partial charge in [-0.25, -0.2) is 0 Å². The summed E-state index contributed by atoms with van der Waals surface area (Å²) in [4.78, 5) is 12.2. The lowest BCUT2D eigenvalue weighted by atomic mass is 10.00. The molecule has 24 heavy (non-hydrogen) atoms. The minimum absolute atomic E-state index is 0.00267. The first-order valence-corrected chi connectivity index (χ1v) is 9.66. The zero-order valence-electron chi connectivity index (χ0n) is 14.0. The average molecular weight is 382 g/mol. The minimum Gasteiger partial charge on any atom is -0.349 e. The van der Waals surface area contributed by atoms with Crippen LogP contribution in [0.1, 0.15) is 35.2 Å². The molecule has 0 saturated heterocycles. The summed E-state index contributed by atoms with van der Waals surface area (Å²) < 4.78 is 0. The molecule has 0 fully saturated rings. The standard InChI is InChI=1S/C19H21Cl2NOS/c1-12-4-5-13(2)17(8-12)14(3)22-19(23)11-24-10-15-6-7-16(20)9-18(15)21/h4-9,14H,10-11H2,1-3H3,(H,22,23)/t14-/m1/s1. The third-order valence-corrected chi connectivity index (χ3v) is 5.35. The molecule has 0 bridgehead atoms. The van der Waals surface area contributed by atoms with Crippen LogP contribution in [0.2, 0.25) is 10.0 Å². The number of hydrogen-bond acceptors (Lipinski definition) is 2. The SMILES string of the molecule is Cc1ccc(C)c([C@@H](C)NC(=O)CSCc2ccc(Cl)cc2Cl)c1. The monoisotopic (exact) mass is 381 g/mol. The second-order valence-electron chi connectivity index (χ2n) is 5.88. The van der Waals surface area contributed by atoms with Crippen LogP contribution in [0.4, 0.5) is 0 Å². The number of carbonyl (C=O) groups excluding carboxylic acids is 1. The largest absolute Gasteiger partial charge is 0.349 e. The molecular weight excluding hydrogens is 361 g/mol. The quantitative estimate of drug-likeness (QED) is 0.692. The molecule has 2 rings (SSSR count). The van der Waals surface area contributed by atoms with Crippen LogP contribution >= 0.6 is 35.0 Å². The lowest BCUT2D eigenvalue weighted by molar-refractivity contribution is -0.119. The van der Waals surface area contributed by atoms with Crippen molar-refractivity contribution in [3.05, 3.63) is 68.7 Å². The molecule has 0 spiro atoms. The fraction of sp³-hybridized carbons (Fsp3) is 0.316. The van der Waals surface area contributed by atoms with Gasteiger partial charge in [0.15, 0.2) is 0 Å². The molecule has 0 heterocycles. The van der Waals surface area contributed by atoms with Gasteiger partial charge < -0.3 is 5.32 Å². The first-order valence-electron chi connectivity index (χ1n) is 7.75. The smallest absolute Gasteiger partial charge is 0.230 e. The summed E-state index contributed by atoms with van der Waals surface area (Å²) in [5, 5.41) is 4.32. The highest BCUT2D eigenvalue weighted by atomic mass is 35.5. The van der Waals surface area contributed by atoms with E-state index >= 15 is 0 Å². The Hall–Kier alpha value is -1.16. The molecule has 0 aliphatic carbocycles. The number of benzene rings is 2. The van der Waals surface area contributed by atoms with E-state index in [1.807, 2.05) is 19.1 Å². The predicted octanol–water partition coefficient (Wildman–Crippen LogP) is 5.72. The van der Waals surface area contributed by atoms with Crippen LogP contribution in [0.15, 0.2) is 36.4 Å². The van der Waals surface area contributed by atoms with E-state index < -0.39 is 0 Å². The van der Waals surface area contributed by atoms with E-state index in [0.29, 0.717) is 21.6 Å².